The summed E-state index contributed by atoms with van der Waals surface area (Å²) in [4.78, 5) is 4.72. The van der Waals surface area contributed by atoms with Crippen molar-refractivity contribution in [1.29, 1.82) is 0 Å². The Morgan fingerprint density at radius 1 is 1.00 bits per heavy atom. The van der Waals surface area contributed by atoms with Crippen LogP contribution in [0.4, 0.5) is 11.4 Å². The van der Waals surface area contributed by atoms with Gasteiger partial charge in [0.05, 0.1) is 17.4 Å². The van der Waals surface area contributed by atoms with E-state index in [-0.39, 0.29) is 6.04 Å². The van der Waals surface area contributed by atoms with Crippen LogP contribution in [0.15, 0.2) is 47.5 Å². The molecule has 0 aromatic heterocycles. The molecule has 0 saturated carbocycles. The number of nitrogen functional groups attached to an aromatic ring is 2. The van der Waals surface area contributed by atoms with Crippen LogP contribution in [0.25, 0.3) is 11.1 Å². The van der Waals surface area contributed by atoms with E-state index in [4.69, 9.17) is 21.2 Å². The number of aliphatic imine (C=N–C) groups is 1. The van der Waals surface area contributed by atoms with Crippen LogP contribution >= 0.6 is 0 Å². The molecule has 1 aliphatic rings. The van der Waals surface area contributed by atoms with E-state index in [0.29, 0.717) is 29.8 Å². The lowest BCUT2D eigenvalue weighted by Crippen LogP contribution is -2.13. The molecule has 2 aromatic carbocycles. The summed E-state index contributed by atoms with van der Waals surface area (Å²) >= 11 is 0. The topological polar surface area (TPSA) is 73.6 Å². The SMILES string of the molecule is CC(C)[C@@H]1COC(c2ccccc2-c2cccc(N)c2N)=N1. The van der Waals surface area contributed by atoms with Crippen molar-refractivity contribution < 1.29 is 4.74 Å². The van der Waals surface area contributed by atoms with E-state index in [2.05, 4.69) is 13.8 Å². The van der Waals surface area contributed by atoms with Crippen molar-refractivity contribution in [1.82, 2.24) is 0 Å². The largest absolute Gasteiger partial charge is 0.475 e. The summed E-state index contributed by atoms with van der Waals surface area (Å²) in [5.74, 6) is 1.15. The van der Waals surface area contributed by atoms with Gasteiger partial charge in [0.1, 0.15) is 6.61 Å². The molecule has 114 valence electrons. The Labute approximate surface area is 130 Å². The third kappa shape index (κ3) is 2.52. The van der Waals surface area contributed by atoms with Crippen LogP contribution in [0.3, 0.4) is 0 Å². The highest BCUT2D eigenvalue weighted by atomic mass is 16.5. The van der Waals surface area contributed by atoms with Gasteiger partial charge in [-0.1, -0.05) is 44.2 Å². The molecule has 0 saturated heterocycles. The molecule has 0 bridgehead atoms. The van der Waals surface area contributed by atoms with Crippen LogP contribution in [0.5, 0.6) is 0 Å². The average molecular weight is 295 g/mol. The van der Waals surface area contributed by atoms with Crippen molar-refractivity contribution in [2.24, 2.45) is 10.9 Å². The number of para-hydroxylation sites is 1. The van der Waals surface area contributed by atoms with Crippen LogP contribution in [0.1, 0.15) is 19.4 Å². The highest BCUT2D eigenvalue weighted by Crippen LogP contribution is 2.33. The number of benzene rings is 2. The fourth-order valence-electron chi connectivity index (χ4n) is 2.60. The van der Waals surface area contributed by atoms with E-state index in [9.17, 15) is 0 Å². The van der Waals surface area contributed by atoms with Crippen LogP contribution < -0.4 is 11.5 Å². The molecule has 0 unspecified atom stereocenters. The van der Waals surface area contributed by atoms with Gasteiger partial charge in [0.2, 0.25) is 5.90 Å². The second-order valence-corrected chi connectivity index (χ2v) is 5.91. The normalized spacial score (nSPS) is 17.4. The van der Waals surface area contributed by atoms with E-state index in [1.165, 1.54) is 0 Å². The molecule has 4 N–H and O–H groups in total. The summed E-state index contributed by atoms with van der Waals surface area (Å²) in [6.07, 6.45) is 0. The monoisotopic (exact) mass is 295 g/mol. The molecule has 4 heteroatoms. The Bertz CT molecular complexity index is 722. The lowest BCUT2D eigenvalue weighted by Gasteiger charge is -2.12. The summed E-state index contributed by atoms with van der Waals surface area (Å²) in [6.45, 7) is 4.94. The molecule has 1 atom stereocenters. The molecule has 2 aromatic rings. The van der Waals surface area contributed by atoms with Gasteiger partial charge in [0.25, 0.3) is 0 Å². The Balaban J connectivity index is 2.09. The van der Waals surface area contributed by atoms with Gasteiger partial charge in [-0.2, -0.15) is 0 Å². The van der Waals surface area contributed by atoms with Crippen molar-refractivity contribution in [3.8, 4) is 11.1 Å². The van der Waals surface area contributed by atoms with Gasteiger partial charge in [0.15, 0.2) is 0 Å². The first-order valence-electron chi connectivity index (χ1n) is 7.52. The number of hydrogen-bond donors (Lipinski definition) is 2. The quantitative estimate of drug-likeness (QED) is 0.853. The maximum absolute atomic E-state index is 6.15. The van der Waals surface area contributed by atoms with Gasteiger partial charge in [-0.25, -0.2) is 4.99 Å². The molecule has 0 radical (unpaired) electrons. The smallest absolute Gasteiger partial charge is 0.217 e. The Kier molecular flexibility index (Phi) is 3.75. The summed E-state index contributed by atoms with van der Waals surface area (Å²) in [5, 5.41) is 0. The van der Waals surface area contributed by atoms with Gasteiger partial charge < -0.3 is 16.2 Å². The molecule has 1 heterocycles. The maximum atomic E-state index is 6.15. The predicted molar refractivity (Wildman–Crippen MR) is 91.8 cm³/mol. The molecule has 0 fully saturated rings. The van der Waals surface area contributed by atoms with Crippen molar-refractivity contribution in [2.75, 3.05) is 18.1 Å². The minimum atomic E-state index is 0.209. The van der Waals surface area contributed by atoms with Crippen LogP contribution in [-0.2, 0) is 4.74 Å². The molecule has 22 heavy (non-hydrogen) atoms. The molecule has 1 aliphatic heterocycles. The summed E-state index contributed by atoms with van der Waals surface area (Å²) < 4.78 is 5.82. The van der Waals surface area contributed by atoms with Gasteiger partial charge in [-0.05, 0) is 23.6 Å². The number of ether oxygens (including phenoxy) is 1. The standard InChI is InChI=1S/C18H21N3O/c1-11(2)16-10-22-18(21-16)14-7-4-3-6-12(14)13-8-5-9-15(19)17(13)20/h3-9,11,16H,10,19-20H2,1-2H3/t16-/m0/s1. The number of rotatable bonds is 3. The average Bonchev–Trinajstić information content (AvgIpc) is 3.00. The lowest BCUT2D eigenvalue weighted by atomic mass is 9.97. The maximum Gasteiger partial charge on any atom is 0.217 e. The van der Waals surface area contributed by atoms with Crippen LogP contribution in [0.2, 0.25) is 0 Å². The van der Waals surface area contributed by atoms with E-state index in [1.54, 1.807) is 6.07 Å². The summed E-state index contributed by atoms with van der Waals surface area (Å²) in [7, 11) is 0. The molecular weight excluding hydrogens is 274 g/mol. The van der Waals surface area contributed by atoms with Gasteiger partial charge in [-0.15, -0.1) is 0 Å². The van der Waals surface area contributed by atoms with Crippen LogP contribution in [-0.4, -0.2) is 18.5 Å². The van der Waals surface area contributed by atoms with E-state index < -0.39 is 0 Å². The molecule has 4 nitrogen and oxygen atoms in total. The van der Waals surface area contributed by atoms with Crippen LogP contribution in [0, 0.1) is 5.92 Å². The third-order valence-electron chi connectivity index (χ3n) is 4.03. The van der Waals surface area contributed by atoms with Gasteiger partial charge in [-0.3, -0.25) is 0 Å². The Morgan fingerprint density at radius 2 is 1.68 bits per heavy atom. The Morgan fingerprint density at radius 3 is 2.36 bits per heavy atom. The van der Waals surface area contributed by atoms with Crippen molar-refractivity contribution in [3.05, 3.63) is 48.0 Å². The fraction of sp³-hybridized carbons (Fsp3) is 0.278. The number of hydrogen-bond acceptors (Lipinski definition) is 4. The fourth-order valence-corrected chi connectivity index (χ4v) is 2.60. The number of nitrogens with zero attached hydrogens (tertiary/aromatic N) is 1. The van der Waals surface area contributed by atoms with Crippen molar-refractivity contribution in [2.45, 2.75) is 19.9 Å². The number of anilines is 2. The lowest BCUT2D eigenvalue weighted by molar-refractivity contribution is 0.292. The van der Waals surface area contributed by atoms with E-state index >= 15 is 0 Å². The van der Waals surface area contributed by atoms with Gasteiger partial charge >= 0.3 is 0 Å². The summed E-state index contributed by atoms with van der Waals surface area (Å²) in [5.41, 5.74) is 16.1. The van der Waals surface area contributed by atoms with E-state index in [1.807, 2.05) is 36.4 Å². The second-order valence-electron chi connectivity index (χ2n) is 5.91. The first kappa shape index (κ1) is 14.4. The first-order valence-corrected chi connectivity index (χ1v) is 7.52. The molecule has 0 aliphatic carbocycles. The molecule has 0 amide bonds. The highest BCUT2D eigenvalue weighted by Gasteiger charge is 2.24. The van der Waals surface area contributed by atoms with Crippen molar-refractivity contribution >= 4 is 17.3 Å². The predicted octanol–water partition coefficient (Wildman–Crippen LogP) is 3.32. The Hall–Kier alpha value is -2.49. The molecule has 0 spiro atoms. The zero-order chi connectivity index (χ0) is 15.7. The third-order valence-corrected chi connectivity index (χ3v) is 4.03. The molecular formula is C18H21N3O. The molecule has 3 rings (SSSR count). The summed E-state index contributed by atoms with van der Waals surface area (Å²) in [6, 6.07) is 13.9. The highest BCUT2D eigenvalue weighted by molar-refractivity contribution is 6.03. The van der Waals surface area contributed by atoms with Crippen molar-refractivity contribution in [3.63, 3.8) is 0 Å². The minimum Gasteiger partial charge on any atom is -0.475 e. The zero-order valence-corrected chi connectivity index (χ0v) is 12.9. The minimum absolute atomic E-state index is 0.209. The first-order chi connectivity index (χ1) is 10.6. The second kappa shape index (κ2) is 5.72. The zero-order valence-electron chi connectivity index (χ0n) is 12.9. The number of nitrogens with two attached hydrogens (primary N) is 2. The van der Waals surface area contributed by atoms with Gasteiger partial charge in [0, 0.05) is 11.1 Å². The van der Waals surface area contributed by atoms with E-state index in [0.717, 1.165) is 16.7 Å².